The summed E-state index contributed by atoms with van der Waals surface area (Å²) in [5, 5.41) is 3.36. The summed E-state index contributed by atoms with van der Waals surface area (Å²) in [7, 11) is 0. The second-order valence-corrected chi connectivity index (χ2v) is 7.82. The molecular formula is C20H28N2O. The minimum absolute atomic E-state index is 0.355. The van der Waals surface area contributed by atoms with E-state index in [1.165, 1.54) is 24.8 Å². The van der Waals surface area contributed by atoms with E-state index in [9.17, 15) is 4.79 Å². The number of benzene rings is 1. The Hall–Kier alpha value is -1.35. The minimum atomic E-state index is 0.355. The van der Waals surface area contributed by atoms with Crippen molar-refractivity contribution in [3.05, 3.63) is 35.9 Å². The molecule has 3 fully saturated rings. The van der Waals surface area contributed by atoms with Crippen molar-refractivity contribution in [2.24, 2.45) is 17.8 Å². The number of amides is 1. The van der Waals surface area contributed by atoms with E-state index in [1.54, 1.807) is 0 Å². The van der Waals surface area contributed by atoms with E-state index in [0.717, 1.165) is 37.8 Å². The predicted molar refractivity (Wildman–Crippen MR) is 91.8 cm³/mol. The highest BCUT2D eigenvalue weighted by Gasteiger charge is 2.56. The summed E-state index contributed by atoms with van der Waals surface area (Å²) < 4.78 is 0. The van der Waals surface area contributed by atoms with E-state index in [0.29, 0.717) is 23.9 Å². The van der Waals surface area contributed by atoms with Crippen molar-refractivity contribution in [3.63, 3.8) is 0 Å². The zero-order valence-corrected chi connectivity index (χ0v) is 14.1. The van der Waals surface area contributed by atoms with Gasteiger partial charge in [-0.1, -0.05) is 36.8 Å². The number of carbonyl (C=O) groups excluding carboxylic acids is 1. The molecule has 1 amide bonds. The van der Waals surface area contributed by atoms with Crippen molar-refractivity contribution in [2.75, 3.05) is 6.54 Å². The number of rotatable bonds is 4. The Morgan fingerprint density at radius 2 is 1.91 bits per heavy atom. The fourth-order valence-electron chi connectivity index (χ4n) is 4.91. The number of piperidine rings is 1. The van der Waals surface area contributed by atoms with Crippen LogP contribution in [-0.4, -0.2) is 29.4 Å². The van der Waals surface area contributed by atoms with E-state index < -0.39 is 0 Å². The lowest BCUT2D eigenvalue weighted by Gasteiger charge is -2.38. The molecule has 1 unspecified atom stereocenters. The van der Waals surface area contributed by atoms with Crippen LogP contribution < -0.4 is 5.32 Å². The van der Waals surface area contributed by atoms with Gasteiger partial charge in [0, 0.05) is 31.1 Å². The molecule has 23 heavy (non-hydrogen) atoms. The topological polar surface area (TPSA) is 32.3 Å². The van der Waals surface area contributed by atoms with E-state index in [2.05, 4.69) is 47.5 Å². The van der Waals surface area contributed by atoms with Crippen LogP contribution in [-0.2, 0) is 11.3 Å². The first-order valence-electron chi connectivity index (χ1n) is 9.30. The Morgan fingerprint density at radius 1 is 1.17 bits per heavy atom. The average molecular weight is 312 g/mol. The molecule has 1 aromatic rings. The second kappa shape index (κ2) is 6.27. The number of hydrogen-bond acceptors (Lipinski definition) is 2. The Bertz CT molecular complexity index is 548. The van der Waals surface area contributed by atoms with E-state index in [-0.39, 0.29) is 0 Å². The number of nitrogens with one attached hydrogen (secondary N) is 1. The fraction of sp³-hybridized carbons (Fsp3) is 0.650. The molecular weight excluding hydrogens is 284 g/mol. The molecule has 1 N–H and O–H groups in total. The summed E-state index contributed by atoms with van der Waals surface area (Å²) in [6.07, 6.45) is 6.09. The Balaban J connectivity index is 1.27. The summed E-state index contributed by atoms with van der Waals surface area (Å²) in [6, 6.07) is 11.6. The number of carbonyl (C=O) groups is 1. The second-order valence-electron chi connectivity index (χ2n) is 7.82. The molecule has 2 aliphatic carbocycles. The quantitative estimate of drug-likeness (QED) is 0.926. The number of nitrogens with zero attached hydrogens (tertiary/aromatic N) is 1. The molecule has 4 rings (SSSR count). The molecule has 3 nitrogen and oxygen atoms in total. The van der Waals surface area contributed by atoms with E-state index in [4.69, 9.17) is 0 Å². The lowest BCUT2D eigenvalue weighted by atomic mass is 9.97. The maximum absolute atomic E-state index is 12.4. The van der Waals surface area contributed by atoms with Gasteiger partial charge in [-0.05, 0) is 50.0 Å². The van der Waals surface area contributed by atoms with Crippen LogP contribution in [0.25, 0.3) is 0 Å². The maximum atomic E-state index is 12.4. The normalized spacial score (nSPS) is 36.5. The highest BCUT2D eigenvalue weighted by Crippen LogP contribution is 2.57. The molecule has 5 atom stereocenters. The Morgan fingerprint density at radius 3 is 2.61 bits per heavy atom. The van der Waals surface area contributed by atoms with E-state index in [1.807, 2.05) is 0 Å². The lowest BCUT2D eigenvalue weighted by Crippen LogP contribution is -2.49. The molecule has 1 aromatic carbocycles. The number of likely N-dealkylation sites (tertiary alicyclic amines) is 1. The predicted octanol–water partition coefficient (Wildman–Crippen LogP) is 3.20. The van der Waals surface area contributed by atoms with Gasteiger partial charge >= 0.3 is 0 Å². The van der Waals surface area contributed by atoms with Crippen LogP contribution in [0.15, 0.2) is 30.3 Å². The molecule has 1 aliphatic heterocycles. The van der Waals surface area contributed by atoms with Gasteiger partial charge in [0.25, 0.3) is 0 Å². The monoisotopic (exact) mass is 312 g/mol. The van der Waals surface area contributed by atoms with Crippen LogP contribution in [0.3, 0.4) is 0 Å². The highest BCUT2D eigenvalue weighted by atomic mass is 16.2. The van der Waals surface area contributed by atoms with Crippen LogP contribution >= 0.6 is 0 Å². The SMILES string of the molecule is C[C@@H]1C[C@@H](NC(=O)C2[C@H]3CCC[C@@H]23)CCN1Cc1ccccc1. The third-order valence-electron chi connectivity index (χ3n) is 6.30. The largest absolute Gasteiger partial charge is 0.353 e. The van der Waals surface area contributed by atoms with Crippen LogP contribution in [0.1, 0.15) is 44.6 Å². The molecule has 124 valence electrons. The maximum Gasteiger partial charge on any atom is 0.223 e. The molecule has 0 spiro atoms. The average Bonchev–Trinajstić information content (AvgIpc) is 3.04. The number of hydrogen-bond donors (Lipinski definition) is 1. The van der Waals surface area contributed by atoms with Crippen molar-refractivity contribution < 1.29 is 4.79 Å². The van der Waals surface area contributed by atoms with Gasteiger partial charge in [-0.2, -0.15) is 0 Å². The van der Waals surface area contributed by atoms with Crippen LogP contribution in [0.4, 0.5) is 0 Å². The van der Waals surface area contributed by atoms with Crippen molar-refractivity contribution in [1.82, 2.24) is 10.2 Å². The summed E-state index contributed by atoms with van der Waals surface area (Å²) in [5.74, 6) is 2.17. The van der Waals surface area contributed by atoms with Crippen LogP contribution in [0.5, 0.6) is 0 Å². The third-order valence-corrected chi connectivity index (χ3v) is 6.30. The summed E-state index contributed by atoms with van der Waals surface area (Å²) in [5.41, 5.74) is 1.38. The van der Waals surface area contributed by atoms with Gasteiger partial charge in [-0.25, -0.2) is 0 Å². The molecule has 0 bridgehead atoms. The Kier molecular flexibility index (Phi) is 4.14. The molecule has 2 saturated carbocycles. The first-order chi connectivity index (χ1) is 11.2. The third kappa shape index (κ3) is 3.16. The van der Waals surface area contributed by atoms with Crippen molar-refractivity contribution in [1.29, 1.82) is 0 Å². The first-order valence-corrected chi connectivity index (χ1v) is 9.30. The van der Waals surface area contributed by atoms with Gasteiger partial charge in [0.2, 0.25) is 5.91 Å². The Labute approximate surface area is 139 Å². The molecule has 3 heteroatoms. The van der Waals surface area contributed by atoms with Gasteiger partial charge < -0.3 is 5.32 Å². The first kappa shape index (κ1) is 15.2. The summed E-state index contributed by atoms with van der Waals surface area (Å²) in [4.78, 5) is 15.0. The van der Waals surface area contributed by atoms with Gasteiger partial charge in [0.05, 0.1) is 0 Å². The van der Waals surface area contributed by atoms with Gasteiger partial charge in [-0.3, -0.25) is 9.69 Å². The fourth-order valence-corrected chi connectivity index (χ4v) is 4.91. The smallest absolute Gasteiger partial charge is 0.223 e. The molecule has 3 aliphatic rings. The zero-order chi connectivity index (χ0) is 15.8. The van der Waals surface area contributed by atoms with Crippen molar-refractivity contribution in [3.8, 4) is 0 Å². The molecule has 0 radical (unpaired) electrons. The summed E-state index contributed by atoms with van der Waals surface area (Å²) >= 11 is 0. The minimum Gasteiger partial charge on any atom is -0.353 e. The molecule has 0 aromatic heterocycles. The van der Waals surface area contributed by atoms with Crippen LogP contribution in [0.2, 0.25) is 0 Å². The number of fused-ring (bicyclic) bond motifs is 1. The standard InChI is InChI=1S/C20H28N2O/c1-14-12-16(21-20(23)19-17-8-5-9-18(17)19)10-11-22(14)13-15-6-3-2-4-7-15/h2-4,6-7,14,16-19H,5,8-13H2,1H3,(H,21,23)/t14-,16+,17-,18+,19?/m1/s1. The molecule has 1 saturated heterocycles. The zero-order valence-electron chi connectivity index (χ0n) is 14.1. The van der Waals surface area contributed by atoms with E-state index >= 15 is 0 Å². The molecule has 1 heterocycles. The highest BCUT2D eigenvalue weighted by molar-refractivity contribution is 5.82. The lowest BCUT2D eigenvalue weighted by molar-refractivity contribution is -0.124. The van der Waals surface area contributed by atoms with Gasteiger partial charge in [0.15, 0.2) is 0 Å². The van der Waals surface area contributed by atoms with Crippen molar-refractivity contribution in [2.45, 2.75) is 57.7 Å². The van der Waals surface area contributed by atoms with Gasteiger partial charge in [-0.15, -0.1) is 0 Å². The summed E-state index contributed by atoms with van der Waals surface area (Å²) in [6.45, 7) is 4.40. The van der Waals surface area contributed by atoms with Gasteiger partial charge in [0.1, 0.15) is 0 Å². The van der Waals surface area contributed by atoms with Crippen LogP contribution in [0, 0.1) is 17.8 Å². The van der Waals surface area contributed by atoms with Crippen molar-refractivity contribution >= 4 is 5.91 Å².